The number of hydrogen-bond donors (Lipinski definition) is 0. The number of benzene rings is 2. The van der Waals surface area contributed by atoms with Crippen LogP contribution in [0.5, 0.6) is 5.75 Å². The van der Waals surface area contributed by atoms with Crippen LogP contribution in [0, 0.1) is 13.8 Å². The number of carbonyl (C=O) groups is 1. The molecule has 0 aliphatic carbocycles. The van der Waals surface area contributed by atoms with Gasteiger partial charge in [-0.1, -0.05) is 12.1 Å². The quantitative estimate of drug-likeness (QED) is 0.444. The van der Waals surface area contributed by atoms with Crippen LogP contribution in [-0.4, -0.2) is 101 Å². The lowest BCUT2D eigenvalue weighted by Crippen LogP contribution is -2.53. The van der Waals surface area contributed by atoms with Gasteiger partial charge in [0.15, 0.2) is 0 Å². The molecule has 0 amide bonds. The Bertz CT molecular complexity index is 1210. The van der Waals surface area contributed by atoms with Crippen LogP contribution in [0.1, 0.15) is 36.0 Å². The van der Waals surface area contributed by atoms with E-state index in [1.54, 1.807) is 33.1 Å². The Morgan fingerprint density at radius 2 is 1.56 bits per heavy atom. The third kappa shape index (κ3) is 7.20. The maximum absolute atomic E-state index is 13.2. The largest absolute Gasteiger partial charge is 0.497 e. The van der Waals surface area contributed by atoms with E-state index >= 15 is 0 Å². The summed E-state index contributed by atoms with van der Waals surface area (Å²) in [6.45, 7) is 10.3. The van der Waals surface area contributed by atoms with E-state index < -0.39 is 10.0 Å². The zero-order valence-electron chi connectivity index (χ0n) is 24.1. The molecule has 2 fully saturated rings. The maximum atomic E-state index is 13.2. The van der Waals surface area contributed by atoms with Crippen molar-refractivity contribution in [1.82, 2.24) is 14.1 Å². The molecule has 2 aliphatic heterocycles. The first-order chi connectivity index (χ1) is 18.6. The number of aryl methyl sites for hydroxylation is 2. The van der Waals surface area contributed by atoms with Crippen LogP contribution in [0.2, 0.25) is 0 Å². The van der Waals surface area contributed by atoms with Crippen molar-refractivity contribution in [3.05, 3.63) is 53.1 Å². The molecule has 0 saturated carbocycles. The fourth-order valence-corrected chi connectivity index (χ4v) is 7.41. The number of anilines is 1. The number of methoxy groups -OCH3 is 1. The Morgan fingerprint density at radius 3 is 2.13 bits per heavy atom. The Balaban J connectivity index is 1.26. The van der Waals surface area contributed by atoms with E-state index in [0.29, 0.717) is 23.3 Å². The first-order valence-electron chi connectivity index (χ1n) is 14.0. The molecular weight excluding hydrogens is 512 g/mol. The summed E-state index contributed by atoms with van der Waals surface area (Å²) in [6.07, 6.45) is 3.01. The Labute approximate surface area is 234 Å². The number of hydrogen-bond acceptors (Lipinski definition) is 7. The molecule has 2 aromatic carbocycles. The second-order valence-electron chi connectivity index (χ2n) is 11.1. The lowest BCUT2D eigenvalue weighted by atomic mass is 10.0. The molecule has 2 heterocycles. The van der Waals surface area contributed by atoms with Gasteiger partial charge in [-0.15, -0.1) is 0 Å². The number of sulfonamides is 1. The summed E-state index contributed by atoms with van der Waals surface area (Å²) in [5.41, 5.74) is 3.42. The van der Waals surface area contributed by atoms with Crippen LogP contribution in [-0.2, 0) is 21.2 Å². The van der Waals surface area contributed by atoms with Gasteiger partial charge in [0.1, 0.15) is 11.5 Å². The molecule has 0 atom stereocenters. The molecule has 0 aromatic heterocycles. The van der Waals surface area contributed by atoms with Crippen LogP contribution in [0.3, 0.4) is 0 Å². The summed E-state index contributed by atoms with van der Waals surface area (Å²) in [5, 5.41) is 0. The number of piperazine rings is 1. The predicted octanol–water partition coefficient (Wildman–Crippen LogP) is 3.35. The highest BCUT2D eigenvalue weighted by Gasteiger charge is 2.27. The fraction of sp³-hybridized carbons (Fsp3) is 0.567. The predicted molar refractivity (Wildman–Crippen MR) is 156 cm³/mol. The zero-order valence-corrected chi connectivity index (χ0v) is 25.0. The molecule has 9 heteroatoms. The van der Waals surface area contributed by atoms with Gasteiger partial charge in [0.05, 0.1) is 12.0 Å². The lowest BCUT2D eigenvalue weighted by molar-refractivity contribution is -0.118. The number of ether oxygens (including phenoxy) is 1. The van der Waals surface area contributed by atoms with Gasteiger partial charge in [-0.05, 0) is 87.8 Å². The molecule has 0 bridgehead atoms. The van der Waals surface area contributed by atoms with E-state index in [-0.39, 0.29) is 23.6 Å². The molecule has 0 spiro atoms. The fourth-order valence-electron chi connectivity index (χ4n) is 5.84. The number of ketones is 1. The number of nitrogens with zero attached hydrogens (tertiary/aromatic N) is 4. The third-order valence-electron chi connectivity index (χ3n) is 8.26. The van der Waals surface area contributed by atoms with Crippen LogP contribution in [0.25, 0.3) is 0 Å². The van der Waals surface area contributed by atoms with E-state index in [0.717, 1.165) is 37.8 Å². The van der Waals surface area contributed by atoms with E-state index in [9.17, 15) is 13.2 Å². The summed E-state index contributed by atoms with van der Waals surface area (Å²) in [7, 11) is 1.59. The van der Waals surface area contributed by atoms with E-state index in [1.165, 1.54) is 43.0 Å². The summed E-state index contributed by atoms with van der Waals surface area (Å²) < 4.78 is 33.0. The number of likely N-dealkylation sites (tertiary alicyclic amines) is 1. The highest BCUT2D eigenvalue weighted by molar-refractivity contribution is 7.89. The van der Waals surface area contributed by atoms with Gasteiger partial charge < -0.3 is 14.5 Å². The van der Waals surface area contributed by atoms with Gasteiger partial charge in [-0.2, -0.15) is 0 Å². The third-order valence-corrected chi connectivity index (χ3v) is 10.4. The van der Waals surface area contributed by atoms with Crippen LogP contribution in [0.4, 0.5) is 5.69 Å². The van der Waals surface area contributed by atoms with Crippen molar-refractivity contribution < 1.29 is 17.9 Å². The summed E-state index contributed by atoms with van der Waals surface area (Å²) in [5.74, 6) is 0.655. The molecular formula is C30H44N4O4S. The van der Waals surface area contributed by atoms with Crippen molar-refractivity contribution in [2.45, 2.75) is 50.5 Å². The number of piperidine rings is 1. The molecule has 2 aromatic rings. The highest BCUT2D eigenvalue weighted by atomic mass is 32.2. The van der Waals surface area contributed by atoms with E-state index in [2.05, 4.69) is 33.9 Å². The van der Waals surface area contributed by atoms with Crippen LogP contribution in [0.15, 0.2) is 41.3 Å². The van der Waals surface area contributed by atoms with E-state index in [1.807, 2.05) is 12.1 Å². The smallest absolute Gasteiger partial charge is 0.243 e. The molecule has 2 saturated heterocycles. The van der Waals surface area contributed by atoms with Gasteiger partial charge in [0, 0.05) is 64.3 Å². The molecule has 8 nitrogen and oxygen atoms in total. The van der Waals surface area contributed by atoms with Gasteiger partial charge in [-0.3, -0.25) is 9.69 Å². The van der Waals surface area contributed by atoms with Crippen LogP contribution < -0.4 is 9.64 Å². The van der Waals surface area contributed by atoms with Crippen molar-refractivity contribution >= 4 is 21.5 Å². The summed E-state index contributed by atoms with van der Waals surface area (Å²) in [6, 6.07) is 12.4. The average molecular weight is 557 g/mol. The molecule has 2 aliphatic rings. The van der Waals surface area contributed by atoms with Crippen LogP contribution >= 0.6 is 0 Å². The molecule has 0 unspecified atom stereocenters. The topological polar surface area (TPSA) is 73.4 Å². The highest BCUT2D eigenvalue weighted by Crippen LogP contribution is 2.28. The standard InChI is InChI=1S/C30H44N4O4S/c1-23-20-29(38-5)21-24(2)30(23)39(36,37)32(4)15-12-28(35)22-25-6-8-26(9-7-25)33-16-18-34(19-17-33)27-10-13-31(3)14-11-27/h6-9,20-21,27H,10-19,22H2,1-5H3. The number of carbonyl (C=O) groups excluding carboxylic acids is 1. The normalized spacial score (nSPS) is 18.1. The van der Waals surface area contributed by atoms with Gasteiger partial charge in [0.25, 0.3) is 0 Å². The minimum Gasteiger partial charge on any atom is -0.497 e. The molecule has 214 valence electrons. The van der Waals surface area contributed by atoms with Crippen molar-refractivity contribution in [2.75, 3.05) is 71.9 Å². The number of Topliss-reactive ketones (excluding diaryl/α,β-unsaturated/α-hetero) is 1. The Morgan fingerprint density at radius 1 is 0.974 bits per heavy atom. The van der Waals surface area contributed by atoms with Crippen molar-refractivity contribution in [1.29, 1.82) is 0 Å². The minimum atomic E-state index is -3.71. The molecule has 0 radical (unpaired) electrons. The average Bonchev–Trinajstić information content (AvgIpc) is 2.92. The maximum Gasteiger partial charge on any atom is 0.243 e. The SMILES string of the molecule is COc1cc(C)c(S(=O)(=O)N(C)CCC(=O)Cc2ccc(N3CCN(C4CCN(C)CC4)CC3)cc2)c(C)c1. The van der Waals surface area contributed by atoms with Crippen molar-refractivity contribution in [3.63, 3.8) is 0 Å². The summed E-state index contributed by atoms with van der Waals surface area (Å²) >= 11 is 0. The lowest BCUT2D eigenvalue weighted by Gasteiger charge is -2.42. The van der Waals surface area contributed by atoms with Gasteiger partial charge in [0.2, 0.25) is 10.0 Å². The summed E-state index contributed by atoms with van der Waals surface area (Å²) in [4.78, 5) is 20.5. The Kier molecular flexibility index (Phi) is 9.69. The first kappa shape index (κ1) is 29.5. The Hall–Kier alpha value is -2.46. The monoisotopic (exact) mass is 556 g/mol. The van der Waals surface area contributed by atoms with Gasteiger partial charge in [-0.25, -0.2) is 12.7 Å². The second kappa shape index (κ2) is 12.8. The zero-order chi connectivity index (χ0) is 28.2. The number of rotatable bonds is 10. The minimum absolute atomic E-state index is 0.0275. The van der Waals surface area contributed by atoms with Gasteiger partial charge >= 0.3 is 0 Å². The first-order valence-corrected chi connectivity index (χ1v) is 15.4. The van der Waals surface area contributed by atoms with Crippen molar-refractivity contribution in [3.8, 4) is 5.75 Å². The van der Waals surface area contributed by atoms with Crippen molar-refractivity contribution in [2.24, 2.45) is 0 Å². The second-order valence-corrected chi connectivity index (χ2v) is 13.1. The molecule has 39 heavy (non-hydrogen) atoms. The molecule has 4 rings (SSSR count). The van der Waals surface area contributed by atoms with E-state index in [4.69, 9.17) is 4.74 Å². The molecule has 0 N–H and O–H groups in total.